The third-order valence-corrected chi connectivity index (χ3v) is 3.56. The molecule has 1 aromatic carbocycles. The van der Waals surface area contributed by atoms with Gasteiger partial charge in [0.05, 0.1) is 24.4 Å². The zero-order chi connectivity index (χ0) is 17.2. The third-order valence-electron chi connectivity index (χ3n) is 3.56. The molecule has 0 aliphatic rings. The van der Waals surface area contributed by atoms with Crippen LogP contribution in [0.25, 0.3) is 0 Å². The quantitative estimate of drug-likeness (QED) is 0.827. The van der Waals surface area contributed by atoms with Crippen molar-refractivity contribution < 1.29 is 22.7 Å². The Hall–Kier alpha value is -2.09. The SMILES string of the molecule is Cc1nn(CCO)c(NCc2ccc(F)cc2C(F)(F)F)c1C. The van der Waals surface area contributed by atoms with Gasteiger partial charge in [-0.2, -0.15) is 18.3 Å². The number of aromatic nitrogens is 2. The Morgan fingerprint density at radius 1 is 1.26 bits per heavy atom. The van der Waals surface area contributed by atoms with Crippen LogP contribution in [0.2, 0.25) is 0 Å². The Bertz CT molecular complexity index is 695. The molecule has 0 bridgehead atoms. The molecule has 0 saturated carbocycles. The number of alkyl halides is 3. The first kappa shape index (κ1) is 17.3. The first-order valence-corrected chi connectivity index (χ1v) is 6.98. The molecular weight excluding hydrogens is 314 g/mol. The van der Waals surface area contributed by atoms with Gasteiger partial charge < -0.3 is 10.4 Å². The van der Waals surface area contributed by atoms with Gasteiger partial charge in [-0.25, -0.2) is 9.07 Å². The number of hydrogen-bond donors (Lipinski definition) is 2. The molecule has 0 saturated heterocycles. The van der Waals surface area contributed by atoms with Crippen LogP contribution < -0.4 is 5.32 Å². The summed E-state index contributed by atoms with van der Waals surface area (Å²) in [5.41, 5.74) is 0.436. The highest BCUT2D eigenvalue weighted by Crippen LogP contribution is 2.33. The number of hydrogen-bond acceptors (Lipinski definition) is 3. The van der Waals surface area contributed by atoms with E-state index in [9.17, 15) is 17.6 Å². The van der Waals surface area contributed by atoms with Crippen molar-refractivity contribution in [3.8, 4) is 0 Å². The minimum Gasteiger partial charge on any atom is -0.394 e. The van der Waals surface area contributed by atoms with Crippen LogP contribution in [0.5, 0.6) is 0 Å². The molecule has 2 N–H and O–H groups in total. The second-order valence-corrected chi connectivity index (χ2v) is 5.16. The molecule has 8 heteroatoms. The maximum absolute atomic E-state index is 13.1. The summed E-state index contributed by atoms with van der Waals surface area (Å²) in [7, 11) is 0. The molecule has 2 aromatic rings. The molecule has 1 heterocycles. The Kier molecular flexibility index (Phi) is 4.93. The van der Waals surface area contributed by atoms with Crippen LogP contribution in [0.1, 0.15) is 22.4 Å². The molecule has 0 aliphatic carbocycles. The smallest absolute Gasteiger partial charge is 0.394 e. The van der Waals surface area contributed by atoms with Gasteiger partial charge in [0.1, 0.15) is 11.6 Å². The van der Waals surface area contributed by atoms with E-state index in [2.05, 4.69) is 10.4 Å². The molecule has 0 amide bonds. The van der Waals surface area contributed by atoms with Crippen LogP contribution in [0.4, 0.5) is 23.4 Å². The standard InChI is InChI=1S/C15H17F4N3O/c1-9-10(2)21-22(5-6-23)14(9)20-8-11-3-4-12(16)7-13(11)15(17,18)19/h3-4,7,20,23H,5-6,8H2,1-2H3. The van der Waals surface area contributed by atoms with E-state index in [1.165, 1.54) is 4.68 Å². The van der Waals surface area contributed by atoms with E-state index in [1.54, 1.807) is 13.8 Å². The molecular formula is C15H17F4N3O. The van der Waals surface area contributed by atoms with Crippen molar-refractivity contribution in [2.45, 2.75) is 33.1 Å². The number of aliphatic hydroxyl groups is 1. The number of aliphatic hydroxyl groups excluding tert-OH is 1. The molecule has 0 fully saturated rings. The normalized spacial score (nSPS) is 11.8. The molecule has 4 nitrogen and oxygen atoms in total. The van der Waals surface area contributed by atoms with Crippen molar-refractivity contribution in [1.29, 1.82) is 0 Å². The van der Waals surface area contributed by atoms with Crippen molar-refractivity contribution in [2.75, 3.05) is 11.9 Å². The van der Waals surface area contributed by atoms with E-state index < -0.39 is 17.6 Å². The highest BCUT2D eigenvalue weighted by atomic mass is 19.4. The van der Waals surface area contributed by atoms with Crippen molar-refractivity contribution in [1.82, 2.24) is 9.78 Å². The summed E-state index contributed by atoms with van der Waals surface area (Å²) in [4.78, 5) is 0. The minimum atomic E-state index is -4.63. The molecule has 126 valence electrons. The van der Waals surface area contributed by atoms with E-state index >= 15 is 0 Å². The molecule has 23 heavy (non-hydrogen) atoms. The maximum atomic E-state index is 13.1. The number of nitrogens with one attached hydrogen (secondary N) is 1. The Morgan fingerprint density at radius 3 is 2.57 bits per heavy atom. The first-order valence-electron chi connectivity index (χ1n) is 6.98. The number of anilines is 1. The van der Waals surface area contributed by atoms with Crippen molar-refractivity contribution in [3.63, 3.8) is 0 Å². The van der Waals surface area contributed by atoms with Gasteiger partial charge in [-0.15, -0.1) is 0 Å². The van der Waals surface area contributed by atoms with Crippen LogP contribution in [0, 0.1) is 19.7 Å². The van der Waals surface area contributed by atoms with Gasteiger partial charge in [0.25, 0.3) is 0 Å². The molecule has 0 unspecified atom stereocenters. The van der Waals surface area contributed by atoms with Crippen LogP contribution >= 0.6 is 0 Å². The molecule has 0 radical (unpaired) electrons. The highest BCUT2D eigenvalue weighted by Gasteiger charge is 2.33. The van der Waals surface area contributed by atoms with Crippen LogP contribution in [-0.4, -0.2) is 21.5 Å². The summed E-state index contributed by atoms with van der Waals surface area (Å²) in [6.07, 6.45) is -4.63. The average Bonchev–Trinajstić information content (AvgIpc) is 2.72. The van der Waals surface area contributed by atoms with E-state index in [0.29, 0.717) is 11.9 Å². The topological polar surface area (TPSA) is 50.1 Å². The van der Waals surface area contributed by atoms with E-state index in [4.69, 9.17) is 5.11 Å². The fourth-order valence-corrected chi connectivity index (χ4v) is 2.30. The predicted octanol–water partition coefficient (Wildman–Crippen LogP) is 3.26. The summed E-state index contributed by atoms with van der Waals surface area (Å²) in [5, 5.41) is 16.1. The maximum Gasteiger partial charge on any atom is 0.416 e. The van der Waals surface area contributed by atoms with Crippen LogP contribution in [0.15, 0.2) is 18.2 Å². The zero-order valence-electron chi connectivity index (χ0n) is 12.7. The summed E-state index contributed by atoms with van der Waals surface area (Å²) in [6.45, 7) is 3.51. The van der Waals surface area contributed by atoms with E-state index in [-0.39, 0.29) is 25.3 Å². The van der Waals surface area contributed by atoms with Gasteiger partial charge in [-0.05, 0) is 31.5 Å². The van der Waals surface area contributed by atoms with E-state index in [0.717, 1.165) is 23.4 Å². The van der Waals surface area contributed by atoms with Crippen LogP contribution in [0.3, 0.4) is 0 Å². The molecule has 0 aliphatic heterocycles. The summed E-state index contributed by atoms with van der Waals surface area (Å²) in [5.74, 6) is -0.396. The van der Waals surface area contributed by atoms with Gasteiger partial charge in [-0.1, -0.05) is 6.07 Å². The highest BCUT2D eigenvalue weighted by molar-refractivity contribution is 5.47. The second-order valence-electron chi connectivity index (χ2n) is 5.16. The molecule has 1 aromatic heterocycles. The van der Waals surface area contributed by atoms with Crippen molar-refractivity contribution in [3.05, 3.63) is 46.4 Å². The summed E-state index contributed by atoms with van der Waals surface area (Å²) >= 11 is 0. The molecule has 2 rings (SSSR count). The summed E-state index contributed by atoms with van der Waals surface area (Å²) < 4.78 is 53.6. The first-order chi connectivity index (χ1) is 10.7. The number of aryl methyl sites for hydroxylation is 1. The van der Waals surface area contributed by atoms with Crippen LogP contribution in [-0.2, 0) is 19.3 Å². The Morgan fingerprint density at radius 2 is 1.96 bits per heavy atom. The third kappa shape index (κ3) is 3.82. The van der Waals surface area contributed by atoms with Crippen molar-refractivity contribution in [2.24, 2.45) is 0 Å². The number of halogens is 4. The lowest BCUT2D eigenvalue weighted by Crippen LogP contribution is -2.15. The average molecular weight is 331 g/mol. The lowest BCUT2D eigenvalue weighted by atomic mass is 10.1. The zero-order valence-corrected chi connectivity index (χ0v) is 12.7. The molecule has 0 atom stereocenters. The number of nitrogens with zero attached hydrogens (tertiary/aromatic N) is 2. The Balaban J connectivity index is 2.29. The lowest BCUT2D eigenvalue weighted by molar-refractivity contribution is -0.138. The fourth-order valence-electron chi connectivity index (χ4n) is 2.30. The summed E-state index contributed by atoms with van der Waals surface area (Å²) in [6, 6.07) is 2.59. The minimum absolute atomic E-state index is 0.0623. The predicted molar refractivity (Wildman–Crippen MR) is 77.5 cm³/mol. The van der Waals surface area contributed by atoms with Crippen molar-refractivity contribution >= 4 is 5.82 Å². The second kappa shape index (κ2) is 6.57. The lowest BCUT2D eigenvalue weighted by Gasteiger charge is -2.15. The monoisotopic (exact) mass is 331 g/mol. The van der Waals surface area contributed by atoms with E-state index in [1.807, 2.05) is 0 Å². The fraction of sp³-hybridized carbons (Fsp3) is 0.400. The van der Waals surface area contributed by atoms with Gasteiger partial charge in [0.15, 0.2) is 0 Å². The number of benzene rings is 1. The van der Waals surface area contributed by atoms with Gasteiger partial charge in [-0.3, -0.25) is 0 Å². The van der Waals surface area contributed by atoms with Gasteiger partial charge >= 0.3 is 6.18 Å². The van der Waals surface area contributed by atoms with Gasteiger partial charge in [0, 0.05) is 12.1 Å². The number of rotatable bonds is 5. The molecule has 0 spiro atoms. The largest absolute Gasteiger partial charge is 0.416 e. The van der Waals surface area contributed by atoms with Gasteiger partial charge in [0.2, 0.25) is 0 Å². The Labute approximate surface area is 130 Å².